The molecule has 0 spiro atoms. The van der Waals surface area contributed by atoms with Gasteiger partial charge in [0.15, 0.2) is 0 Å². The first kappa shape index (κ1) is 21.3. The summed E-state index contributed by atoms with van der Waals surface area (Å²) in [6.45, 7) is 5.21. The largest absolute Gasteiger partial charge is 0.355 e. The van der Waals surface area contributed by atoms with E-state index in [0.717, 1.165) is 19.5 Å². The summed E-state index contributed by atoms with van der Waals surface area (Å²) < 4.78 is 0. The van der Waals surface area contributed by atoms with Gasteiger partial charge in [-0.15, -0.1) is 0 Å². The highest BCUT2D eigenvalue weighted by molar-refractivity contribution is 6.30. The van der Waals surface area contributed by atoms with Crippen molar-refractivity contribution in [1.29, 1.82) is 0 Å². The molecule has 29 heavy (non-hydrogen) atoms. The van der Waals surface area contributed by atoms with Gasteiger partial charge in [0.2, 0.25) is 5.91 Å². The molecule has 5 nitrogen and oxygen atoms in total. The maximum atomic E-state index is 12.1. The highest BCUT2D eigenvalue weighted by Crippen LogP contribution is 2.20. The minimum atomic E-state index is -0.152. The number of nitrogens with zero attached hydrogens (tertiary/aromatic N) is 1. The Kier molecular flexibility index (Phi) is 7.67. The molecule has 0 fully saturated rings. The Labute approximate surface area is 177 Å². The molecule has 0 aliphatic carbocycles. The molecule has 1 atom stereocenters. The predicted molar refractivity (Wildman–Crippen MR) is 116 cm³/mol. The molecule has 0 radical (unpaired) electrons. The predicted octanol–water partition coefficient (Wildman–Crippen LogP) is 3.41. The first-order chi connectivity index (χ1) is 14.0. The van der Waals surface area contributed by atoms with Gasteiger partial charge in [-0.1, -0.05) is 35.9 Å². The number of carbonyl (C=O) groups is 2. The molecule has 2 aromatic rings. The van der Waals surface area contributed by atoms with E-state index in [4.69, 9.17) is 11.6 Å². The van der Waals surface area contributed by atoms with Crippen LogP contribution in [0.4, 0.5) is 0 Å². The second-order valence-electron chi connectivity index (χ2n) is 7.51. The molecule has 0 saturated carbocycles. The number of benzene rings is 2. The number of hydrogen-bond acceptors (Lipinski definition) is 3. The molecule has 2 aromatic carbocycles. The molecule has 0 saturated heterocycles. The molecule has 2 amide bonds. The molecule has 154 valence electrons. The van der Waals surface area contributed by atoms with Crippen molar-refractivity contribution in [3.05, 3.63) is 70.2 Å². The van der Waals surface area contributed by atoms with E-state index < -0.39 is 0 Å². The van der Waals surface area contributed by atoms with Crippen LogP contribution < -0.4 is 10.6 Å². The van der Waals surface area contributed by atoms with E-state index in [9.17, 15) is 9.59 Å². The van der Waals surface area contributed by atoms with Gasteiger partial charge < -0.3 is 10.6 Å². The third-order valence-corrected chi connectivity index (χ3v) is 5.60. The van der Waals surface area contributed by atoms with Crippen LogP contribution in [0, 0.1) is 0 Å². The number of carbonyl (C=O) groups excluding carboxylic acids is 2. The summed E-state index contributed by atoms with van der Waals surface area (Å²) in [6, 6.07) is 15.6. The lowest BCUT2D eigenvalue weighted by Gasteiger charge is -2.33. The Morgan fingerprint density at radius 2 is 1.79 bits per heavy atom. The fraction of sp³-hybridized carbons (Fsp3) is 0.391. The number of nitrogens with one attached hydrogen (secondary N) is 2. The molecule has 0 bridgehead atoms. The fourth-order valence-corrected chi connectivity index (χ4v) is 3.65. The molecule has 1 aliphatic heterocycles. The van der Waals surface area contributed by atoms with Crippen molar-refractivity contribution < 1.29 is 9.59 Å². The first-order valence-corrected chi connectivity index (χ1v) is 10.5. The summed E-state index contributed by atoms with van der Waals surface area (Å²) in [5, 5.41) is 6.45. The molecule has 0 aromatic heterocycles. The van der Waals surface area contributed by atoms with Crippen LogP contribution in [0.15, 0.2) is 48.5 Å². The maximum Gasteiger partial charge on any atom is 0.251 e. The average Bonchev–Trinajstić information content (AvgIpc) is 2.75. The molecule has 1 heterocycles. The van der Waals surface area contributed by atoms with E-state index in [-0.39, 0.29) is 17.9 Å². The van der Waals surface area contributed by atoms with Gasteiger partial charge in [-0.3, -0.25) is 14.5 Å². The summed E-state index contributed by atoms with van der Waals surface area (Å²) >= 11 is 5.82. The summed E-state index contributed by atoms with van der Waals surface area (Å²) in [5.74, 6) is -0.129. The second kappa shape index (κ2) is 10.4. The van der Waals surface area contributed by atoms with E-state index in [1.807, 2.05) is 0 Å². The lowest BCUT2D eigenvalue weighted by Crippen LogP contribution is -2.44. The SMILES string of the molecule is CC(CNC(=O)CCCNC(=O)c1ccc(Cl)cc1)N1CCc2ccccc2C1. The van der Waals surface area contributed by atoms with Crippen molar-refractivity contribution in [2.45, 2.75) is 38.8 Å². The highest BCUT2D eigenvalue weighted by Gasteiger charge is 2.20. The lowest BCUT2D eigenvalue weighted by molar-refractivity contribution is -0.121. The Morgan fingerprint density at radius 3 is 2.55 bits per heavy atom. The van der Waals surface area contributed by atoms with Crippen molar-refractivity contribution in [3.8, 4) is 0 Å². The Bertz CT molecular complexity index is 838. The van der Waals surface area contributed by atoms with Gasteiger partial charge in [0, 0.05) is 49.2 Å². The Morgan fingerprint density at radius 1 is 1.07 bits per heavy atom. The number of amides is 2. The van der Waals surface area contributed by atoms with Gasteiger partial charge in [0.1, 0.15) is 0 Å². The third-order valence-electron chi connectivity index (χ3n) is 5.35. The van der Waals surface area contributed by atoms with Gasteiger partial charge in [0.05, 0.1) is 0 Å². The van der Waals surface area contributed by atoms with Crippen LogP contribution in [0.2, 0.25) is 5.02 Å². The topological polar surface area (TPSA) is 61.4 Å². The first-order valence-electron chi connectivity index (χ1n) is 10.1. The zero-order valence-electron chi connectivity index (χ0n) is 16.8. The maximum absolute atomic E-state index is 12.1. The van der Waals surface area contributed by atoms with Crippen LogP contribution in [0.25, 0.3) is 0 Å². The van der Waals surface area contributed by atoms with E-state index >= 15 is 0 Å². The Balaban J connectivity index is 1.32. The van der Waals surface area contributed by atoms with E-state index in [1.165, 1.54) is 11.1 Å². The molecule has 3 rings (SSSR count). The minimum absolute atomic E-state index is 0.0231. The van der Waals surface area contributed by atoms with E-state index in [0.29, 0.717) is 36.5 Å². The van der Waals surface area contributed by atoms with E-state index in [1.54, 1.807) is 24.3 Å². The Hall–Kier alpha value is -2.37. The monoisotopic (exact) mass is 413 g/mol. The average molecular weight is 414 g/mol. The molecule has 2 N–H and O–H groups in total. The summed E-state index contributed by atoms with van der Waals surface area (Å²) in [4.78, 5) is 26.6. The van der Waals surface area contributed by atoms with Crippen molar-refractivity contribution >= 4 is 23.4 Å². The lowest BCUT2D eigenvalue weighted by atomic mass is 9.99. The number of halogens is 1. The molecule has 6 heteroatoms. The van der Waals surface area contributed by atoms with Crippen LogP contribution in [0.3, 0.4) is 0 Å². The van der Waals surface area contributed by atoms with Crippen LogP contribution in [0.1, 0.15) is 41.3 Å². The van der Waals surface area contributed by atoms with E-state index in [2.05, 4.69) is 46.7 Å². The molecule has 1 aliphatic rings. The van der Waals surface area contributed by atoms with Crippen LogP contribution in [-0.4, -0.2) is 42.4 Å². The smallest absolute Gasteiger partial charge is 0.251 e. The molecular formula is C23H28ClN3O2. The highest BCUT2D eigenvalue weighted by atomic mass is 35.5. The van der Waals surface area contributed by atoms with Gasteiger partial charge in [-0.2, -0.15) is 0 Å². The van der Waals surface area contributed by atoms with Crippen molar-refractivity contribution in [2.24, 2.45) is 0 Å². The van der Waals surface area contributed by atoms with Crippen LogP contribution in [0.5, 0.6) is 0 Å². The third kappa shape index (κ3) is 6.31. The van der Waals surface area contributed by atoms with Crippen molar-refractivity contribution in [3.63, 3.8) is 0 Å². The standard InChI is InChI=1S/C23H28ClN3O2/c1-17(27-14-12-18-5-2-3-6-20(18)16-27)15-26-22(28)7-4-13-25-23(29)19-8-10-21(24)11-9-19/h2-3,5-6,8-11,17H,4,7,12-16H2,1H3,(H,25,29)(H,26,28). The normalized spacial score (nSPS) is 14.7. The summed E-state index contributed by atoms with van der Waals surface area (Å²) in [7, 11) is 0. The van der Waals surface area contributed by atoms with Crippen molar-refractivity contribution in [1.82, 2.24) is 15.5 Å². The van der Waals surface area contributed by atoms with Crippen LogP contribution in [-0.2, 0) is 17.8 Å². The van der Waals surface area contributed by atoms with Gasteiger partial charge in [-0.25, -0.2) is 0 Å². The number of fused-ring (bicyclic) bond motifs is 1. The van der Waals surface area contributed by atoms with Gasteiger partial charge >= 0.3 is 0 Å². The second-order valence-corrected chi connectivity index (χ2v) is 7.95. The summed E-state index contributed by atoms with van der Waals surface area (Å²) in [5.41, 5.74) is 3.38. The summed E-state index contributed by atoms with van der Waals surface area (Å²) in [6.07, 6.45) is 2.06. The quantitative estimate of drug-likeness (QED) is 0.652. The van der Waals surface area contributed by atoms with Crippen LogP contribution >= 0.6 is 11.6 Å². The zero-order valence-corrected chi connectivity index (χ0v) is 17.5. The van der Waals surface area contributed by atoms with Gasteiger partial charge in [-0.05, 0) is 55.2 Å². The zero-order chi connectivity index (χ0) is 20.6. The number of hydrogen-bond donors (Lipinski definition) is 2. The molecule has 1 unspecified atom stereocenters. The number of rotatable bonds is 8. The minimum Gasteiger partial charge on any atom is -0.355 e. The van der Waals surface area contributed by atoms with Crippen molar-refractivity contribution in [2.75, 3.05) is 19.6 Å². The fourth-order valence-electron chi connectivity index (χ4n) is 3.53. The molecular weight excluding hydrogens is 386 g/mol. The van der Waals surface area contributed by atoms with Gasteiger partial charge in [0.25, 0.3) is 5.91 Å².